The smallest absolute Gasteiger partial charge is 0.220 e. The molecular formula is C22H34N2O4. The summed E-state index contributed by atoms with van der Waals surface area (Å²) in [5.41, 5.74) is 0.770. The maximum Gasteiger partial charge on any atom is 0.220 e. The fraction of sp³-hybridized carbons (Fsp3) is 0.636. The molecular weight excluding hydrogens is 356 g/mol. The number of carbonyl (C=O) groups is 2. The maximum atomic E-state index is 12.4. The number of hydrogen-bond donors (Lipinski definition) is 2. The molecule has 1 saturated heterocycles. The van der Waals surface area contributed by atoms with Gasteiger partial charge in [0.05, 0.1) is 13.2 Å². The largest absolute Gasteiger partial charge is 0.497 e. The number of aliphatic hydroxyl groups is 1. The number of benzene rings is 1. The van der Waals surface area contributed by atoms with Crippen LogP contribution < -0.4 is 10.1 Å². The van der Waals surface area contributed by atoms with Gasteiger partial charge in [0.1, 0.15) is 17.6 Å². The van der Waals surface area contributed by atoms with Gasteiger partial charge in [-0.2, -0.15) is 0 Å². The molecule has 0 aliphatic carbocycles. The number of ether oxygens (including phenoxy) is 1. The van der Waals surface area contributed by atoms with Crippen molar-refractivity contribution in [2.24, 2.45) is 0 Å². The van der Waals surface area contributed by atoms with E-state index in [2.05, 4.69) is 10.2 Å². The van der Waals surface area contributed by atoms with Gasteiger partial charge < -0.3 is 24.9 Å². The van der Waals surface area contributed by atoms with Crippen LogP contribution in [-0.2, 0) is 9.59 Å². The van der Waals surface area contributed by atoms with Crippen LogP contribution in [0.3, 0.4) is 0 Å². The standard InChI is InChI=1S/C22H34N2O4/c1-17(25)8-4-3-5-9-21(26)23-20(16-24-14-6-7-15-24)22(27)18-10-12-19(28-2)13-11-18/h10-13,20,22,27H,3-9,14-16H2,1-2H3,(H,23,26). The minimum Gasteiger partial charge on any atom is -0.497 e. The molecule has 1 aromatic carbocycles. The molecule has 0 spiro atoms. The number of carbonyl (C=O) groups excluding carboxylic acids is 2. The average molecular weight is 391 g/mol. The molecule has 156 valence electrons. The number of nitrogens with one attached hydrogen (secondary N) is 1. The molecule has 6 nitrogen and oxygen atoms in total. The number of likely N-dealkylation sites (tertiary alicyclic amines) is 1. The quantitative estimate of drug-likeness (QED) is 0.537. The van der Waals surface area contributed by atoms with Crippen LogP contribution in [0.15, 0.2) is 24.3 Å². The lowest BCUT2D eigenvalue weighted by molar-refractivity contribution is -0.123. The monoisotopic (exact) mass is 390 g/mol. The van der Waals surface area contributed by atoms with Crippen LogP contribution in [0.5, 0.6) is 5.75 Å². The average Bonchev–Trinajstić information content (AvgIpc) is 3.19. The Morgan fingerprint density at radius 1 is 1.11 bits per heavy atom. The number of methoxy groups -OCH3 is 1. The fourth-order valence-corrected chi connectivity index (χ4v) is 3.62. The Balaban J connectivity index is 1.91. The van der Waals surface area contributed by atoms with E-state index < -0.39 is 6.10 Å². The number of Topliss-reactive ketones (excluding diaryl/α,β-unsaturated/α-hetero) is 1. The summed E-state index contributed by atoms with van der Waals surface area (Å²) in [6.07, 6.45) is 5.00. The Morgan fingerprint density at radius 2 is 1.75 bits per heavy atom. The molecule has 1 fully saturated rings. The highest BCUT2D eigenvalue weighted by Crippen LogP contribution is 2.22. The number of rotatable bonds is 12. The summed E-state index contributed by atoms with van der Waals surface area (Å²) in [6.45, 7) is 4.25. The van der Waals surface area contributed by atoms with Crippen LogP contribution in [0.25, 0.3) is 0 Å². The van der Waals surface area contributed by atoms with Gasteiger partial charge in [0.15, 0.2) is 0 Å². The van der Waals surface area contributed by atoms with Gasteiger partial charge in [-0.3, -0.25) is 4.79 Å². The summed E-state index contributed by atoms with van der Waals surface area (Å²) in [5.74, 6) is 0.888. The number of ketones is 1. The van der Waals surface area contributed by atoms with E-state index in [-0.39, 0.29) is 17.7 Å². The topological polar surface area (TPSA) is 78.9 Å². The van der Waals surface area contributed by atoms with Crippen LogP contribution in [0.1, 0.15) is 63.5 Å². The van der Waals surface area contributed by atoms with E-state index in [0.717, 1.165) is 56.5 Å². The molecule has 1 amide bonds. The summed E-state index contributed by atoms with van der Waals surface area (Å²) in [6, 6.07) is 6.98. The van der Waals surface area contributed by atoms with Crippen molar-refractivity contribution in [3.63, 3.8) is 0 Å². The third-order valence-electron chi connectivity index (χ3n) is 5.27. The minimum absolute atomic E-state index is 0.0421. The lowest BCUT2D eigenvalue weighted by atomic mass is 10.0. The number of amides is 1. The zero-order chi connectivity index (χ0) is 20.4. The van der Waals surface area contributed by atoms with Gasteiger partial charge in [-0.1, -0.05) is 18.6 Å². The predicted molar refractivity (Wildman–Crippen MR) is 109 cm³/mol. The second kappa shape index (κ2) is 11.8. The van der Waals surface area contributed by atoms with Crippen molar-refractivity contribution in [1.82, 2.24) is 10.2 Å². The molecule has 0 saturated carbocycles. The second-order valence-corrected chi connectivity index (χ2v) is 7.66. The third kappa shape index (κ3) is 7.60. The highest BCUT2D eigenvalue weighted by molar-refractivity contribution is 5.76. The van der Waals surface area contributed by atoms with E-state index in [1.165, 1.54) is 0 Å². The van der Waals surface area contributed by atoms with E-state index >= 15 is 0 Å². The van der Waals surface area contributed by atoms with Crippen LogP contribution in [-0.4, -0.2) is 54.5 Å². The first-order valence-electron chi connectivity index (χ1n) is 10.3. The zero-order valence-electron chi connectivity index (χ0n) is 17.2. The molecule has 0 bridgehead atoms. The summed E-state index contributed by atoms with van der Waals surface area (Å²) in [4.78, 5) is 25.7. The molecule has 2 rings (SSSR count). The maximum absolute atomic E-state index is 12.4. The summed E-state index contributed by atoms with van der Waals surface area (Å²) >= 11 is 0. The van der Waals surface area contributed by atoms with E-state index in [1.807, 2.05) is 24.3 Å². The molecule has 1 aliphatic rings. The van der Waals surface area contributed by atoms with E-state index in [0.29, 0.717) is 19.4 Å². The zero-order valence-corrected chi connectivity index (χ0v) is 17.2. The van der Waals surface area contributed by atoms with E-state index in [1.54, 1.807) is 14.0 Å². The first-order chi connectivity index (χ1) is 13.5. The molecule has 2 unspecified atom stereocenters. The van der Waals surface area contributed by atoms with Gasteiger partial charge in [-0.15, -0.1) is 0 Å². The molecule has 2 atom stereocenters. The molecule has 0 aromatic heterocycles. The Morgan fingerprint density at radius 3 is 2.36 bits per heavy atom. The second-order valence-electron chi connectivity index (χ2n) is 7.66. The highest BCUT2D eigenvalue weighted by Gasteiger charge is 2.26. The summed E-state index contributed by atoms with van der Waals surface area (Å²) in [5, 5.41) is 13.9. The predicted octanol–water partition coefficient (Wildman–Crippen LogP) is 2.85. The van der Waals surface area contributed by atoms with Crippen molar-refractivity contribution in [3.05, 3.63) is 29.8 Å². The van der Waals surface area contributed by atoms with Crippen molar-refractivity contribution < 1.29 is 19.4 Å². The molecule has 1 aromatic rings. The van der Waals surface area contributed by atoms with Gasteiger partial charge in [0.2, 0.25) is 5.91 Å². The Bertz CT molecular complexity index is 611. The van der Waals surface area contributed by atoms with Crippen molar-refractivity contribution in [2.45, 2.75) is 64.0 Å². The van der Waals surface area contributed by atoms with Gasteiger partial charge in [-0.05, 0) is 63.4 Å². The molecule has 0 radical (unpaired) electrons. The first-order valence-corrected chi connectivity index (χ1v) is 10.3. The summed E-state index contributed by atoms with van der Waals surface area (Å²) < 4.78 is 5.18. The number of unbranched alkanes of at least 4 members (excludes halogenated alkanes) is 2. The normalized spacial score (nSPS) is 16.5. The van der Waals surface area contributed by atoms with E-state index in [9.17, 15) is 14.7 Å². The van der Waals surface area contributed by atoms with Crippen LogP contribution in [0, 0.1) is 0 Å². The molecule has 2 N–H and O–H groups in total. The van der Waals surface area contributed by atoms with E-state index in [4.69, 9.17) is 4.74 Å². The van der Waals surface area contributed by atoms with Gasteiger partial charge >= 0.3 is 0 Å². The highest BCUT2D eigenvalue weighted by atomic mass is 16.5. The SMILES string of the molecule is COc1ccc(C(O)C(CN2CCCC2)NC(=O)CCCCCC(C)=O)cc1. The van der Waals surface area contributed by atoms with Crippen molar-refractivity contribution in [2.75, 3.05) is 26.7 Å². The molecule has 1 aliphatic heterocycles. The Labute approximate surface area is 168 Å². The van der Waals surface area contributed by atoms with Gasteiger partial charge in [0, 0.05) is 19.4 Å². The van der Waals surface area contributed by atoms with Crippen LogP contribution >= 0.6 is 0 Å². The minimum atomic E-state index is -0.770. The van der Waals surface area contributed by atoms with Crippen molar-refractivity contribution in [1.29, 1.82) is 0 Å². The van der Waals surface area contributed by atoms with Crippen molar-refractivity contribution in [3.8, 4) is 5.75 Å². The fourth-order valence-electron chi connectivity index (χ4n) is 3.62. The Hall–Kier alpha value is -1.92. The Kier molecular flexibility index (Phi) is 9.44. The summed E-state index contributed by atoms with van der Waals surface area (Å²) in [7, 11) is 1.61. The molecule has 1 heterocycles. The van der Waals surface area contributed by atoms with Crippen LogP contribution in [0.2, 0.25) is 0 Å². The van der Waals surface area contributed by atoms with Crippen molar-refractivity contribution >= 4 is 11.7 Å². The van der Waals surface area contributed by atoms with Crippen LogP contribution in [0.4, 0.5) is 0 Å². The molecule has 6 heteroatoms. The number of nitrogens with zero attached hydrogens (tertiary/aromatic N) is 1. The molecule has 28 heavy (non-hydrogen) atoms. The lowest BCUT2D eigenvalue weighted by Crippen LogP contribution is -2.46. The van der Waals surface area contributed by atoms with Gasteiger partial charge in [0.25, 0.3) is 0 Å². The number of hydrogen-bond acceptors (Lipinski definition) is 5. The third-order valence-corrected chi connectivity index (χ3v) is 5.27. The van der Waals surface area contributed by atoms with Gasteiger partial charge in [-0.25, -0.2) is 0 Å². The lowest BCUT2D eigenvalue weighted by Gasteiger charge is -2.29. The number of aliphatic hydroxyl groups excluding tert-OH is 1. The first kappa shape index (κ1) is 22.4.